The minimum absolute atomic E-state index is 0.690. The molecular weight excluding hydrogens is 138 g/mol. The number of nitrogens with zero attached hydrogens (tertiary/aromatic N) is 1. The Balaban J connectivity index is 2.41. The van der Waals surface area contributed by atoms with Crippen LogP contribution in [0.3, 0.4) is 0 Å². The Morgan fingerprint density at radius 1 is 1.50 bits per heavy atom. The zero-order chi connectivity index (χ0) is 5.98. The fourth-order valence-corrected chi connectivity index (χ4v) is 0.947. The lowest BCUT2D eigenvalue weighted by atomic mass is 10.6. The van der Waals surface area contributed by atoms with Gasteiger partial charge in [0.15, 0.2) is 0 Å². The Bertz CT molecular complexity index is 122. The first-order chi connectivity index (χ1) is 3.80. The maximum absolute atomic E-state index is 4.81. The largest absolute Gasteiger partial charge is 0.350 e. The SMILES string of the molecule is S=C(S)N1CC=CC1. The first kappa shape index (κ1) is 6.11. The van der Waals surface area contributed by atoms with Crippen molar-refractivity contribution in [2.75, 3.05) is 13.1 Å². The average molecular weight is 145 g/mol. The highest BCUT2D eigenvalue weighted by Gasteiger charge is 2.04. The summed E-state index contributed by atoms with van der Waals surface area (Å²) < 4.78 is 0.690. The molecule has 0 bridgehead atoms. The van der Waals surface area contributed by atoms with Crippen LogP contribution in [0, 0.1) is 0 Å². The Morgan fingerprint density at radius 2 is 2.00 bits per heavy atom. The fourth-order valence-electron chi connectivity index (χ4n) is 0.634. The van der Waals surface area contributed by atoms with Gasteiger partial charge in [0.25, 0.3) is 0 Å². The number of thiol groups is 1. The van der Waals surface area contributed by atoms with E-state index in [1.807, 2.05) is 4.90 Å². The van der Waals surface area contributed by atoms with Gasteiger partial charge in [0.2, 0.25) is 0 Å². The quantitative estimate of drug-likeness (QED) is 0.308. The van der Waals surface area contributed by atoms with Gasteiger partial charge in [0.1, 0.15) is 4.32 Å². The molecule has 1 aliphatic rings. The molecule has 0 amide bonds. The monoisotopic (exact) mass is 145 g/mol. The molecule has 0 saturated heterocycles. The van der Waals surface area contributed by atoms with Crippen LogP contribution in [-0.2, 0) is 0 Å². The molecule has 0 aromatic rings. The van der Waals surface area contributed by atoms with E-state index in [0.29, 0.717) is 4.32 Å². The highest BCUT2D eigenvalue weighted by molar-refractivity contribution is 8.10. The first-order valence-electron chi connectivity index (χ1n) is 2.43. The first-order valence-corrected chi connectivity index (χ1v) is 3.29. The maximum atomic E-state index is 4.81. The summed E-state index contributed by atoms with van der Waals surface area (Å²) in [6.07, 6.45) is 4.17. The van der Waals surface area contributed by atoms with Crippen molar-refractivity contribution >= 4 is 29.2 Å². The van der Waals surface area contributed by atoms with Crippen LogP contribution in [0.5, 0.6) is 0 Å². The summed E-state index contributed by atoms with van der Waals surface area (Å²) in [7, 11) is 0. The van der Waals surface area contributed by atoms with E-state index in [1.54, 1.807) is 0 Å². The molecule has 0 aliphatic carbocycles. The summed E-state index contributed by atoms with van der Waals surface area (Å²) >= 11 is 8.82. The Labute approximate surface area is 59.8 Å². The van der Waals surface area contributed by atoms with E-state index in [4.69, 9.17) is 12.2 Å². The van der Waals surface area contributed by atoms with Crippen molar-refractivity contribution in [3.05, 3.63) is 12.2 Å². The van der Waals surface area contributed by atoms with Crippen molar-refractivity contribution in [2.45, 2.75) is 0 Å². The second-order valence-electron chi connectivity index (χ2n) is 1.66. The highest BCUT2D eigenvalue weighted by atomic mass is 32.1. The van der Waals surface area contributed by atoms with Crippen LogP contribution in [0.2, 0.25) is 0 Å². The van der Waals surface area contributed by atoms with Crippen molar-refractivity contribution in [2.24, 2.45) is 0 Å². The summed E-state index contributed by atoms with van der Waals surface area (Å²) in [5, 5.41) is 0. The van der Waals surface area contributed by atoms with Gasteiger partial charge < -0.3 is 4.90 Å². The summed E-state index contributed by atoms with van der Waals surface area (Å²) in [5.41, 5.74) is 0. The van der Waals surface area contributed by atoms with E-state index < -0.39 is 0 Å². The second kappa shape index (κ2) is 2.51. The minimum Gasteiger partial charge on any atom is -0.350 e. The van der Waals surface area contributed by atoms with E-state index >= 15 is 0 Å². The maximum Gasteiger partial charge on any atom is 0.133 e. The average Bonchev–Trinajstić information content (AvgIpc) is 2.12. The van der Waals surface area contributed by atoms with Crippen LogP contribution in [0.15, 0.2) is 12.2 Å². The van der Waals surface area contributed by atoms with Crippen molar-refractivity contribution in [3.8, 4) is 0 Å². The normalized spacial score (nSPS) is 17.4. The van der Waals surface area contributed by atoms with E-state index in [1.165, 1.54) is 0 Å². The molecule has 0 aromatic carbocycles. The fraction of sp³-hybridized carbons (Fsp3) is 0.400. The molecule has 0 aromatic heterocycles. The summed E-state index contributed by atoms with van der Waals surface area (Å²) in [6, 6.07) is 0. The van der Waals surface area contributed by atoms with E-state index in [9.17, 15) is 0 Å². The third kappa shape index (κ3) is 1.23. The molecule has 0 fully saturated rings. The molecule has 0 N–H and O–H groups in total. The third-order valence-corrected chi connectivity index (χ3v) is 1.63. The summed E-state index contributed by atoms with van der Waals surface area (Å²) in [6.45, 7) is 1.87. The lowest BCUT2D eigenvalue weighted by molar-refractivity contribution is 0.561. The molecule has 8 heavy (non-hydrogen) atoms. The van der Waals surface area contributed by atoms with Gasteiger partial charge in [-0.2, -0.15) is 0 Å². The van der Waals surface area contributed by atoms with Gasteiger partial charge in [-0.05, 0) is 0 Å². The smallest absolute Gasteiger partial charge is 0.133 e. The van der Waals surface area contributed by atoms with Crippen molar-refractivity contribution in [1.82, 2.24) is 4.90 Å². The van der Waals surface area contributed by atoms with Gasteiger partial charge in [-0.15, -0.1) is 12.6 Å². The topological polar surface area (TPSA) is 3.24 Å². The lowest BCUT2D eigenvalue weighted by Gasteiger charge is -2.12. The van der Waals surface area contributed by atoms with Gasteiger partial charge in [0, 0.05) is 13.1 Å². The molecule has 1 aliphatic heterocycles. The van der Waals surface area contributed by atoms with Gasteiger partial charge >= 0.3 is 0 Å². The highest BCUT2D eigenvalue weighted by Crippen LogP contribution is 2.02. The van der Waals surface area contributed by atoms with Gasteiger partial charge in [0.05, 0.1) is 0 Å². The molecule has 0 atom stereocenters. The van der Waals surface area contributed by atoms with Crippen molar-refractivity contribution in [3.63, 3.8) is 0 Å². The number of thiocarbonyl (C=S) groups is 1. The van der Waals surface area contributed by atoms with Crippen LogP contribution < -0.4 is 0 Å². The molecule has 1 nitrogen and oxygen atoms in total. The second-order valence-corrected chi connectivity index (χ2v) is 2.77. The minimum atomic E-state index is 0.690. The van der Waals surface area contributed by atoms with Crippen LogP contribution in [0.4, 0.5) is 0 Å². The molecule has 0 spiro atoms. The number of hydrogen-bond donors (Lipinski definition) is 1. The Morgan fingerprint density at radius 3 is 2.25 bits per heavy atom. The van der Waals surface area contributed by atoms with E-state index in [0.717, 1.165) is 13.1 Å². The molecule has 1 rings (SSSR count). The molecule has 44 valence electrons. The number of rotatable bonds is 0. The van der Waals surface area contributed by atoms with E-state index in [-0.39, 0.29) is 0 Å². The van der Waals surface area contributed by atoms with Gasteiger partial charge in [-0.1, -0.05) is 24.4 Å². The number of hydrogen-bond acceptors (Lipinski definition) is 1. The molecule has 3 heteroatoms. The van der Waals surface area contributed by atoms with Crippen molar-refractivity contribution in [1.29, 1.82) is 0 Å². The molecule has 0 radical (unpaired) electrons. The predicted molar refractivity (Wildman–Crippen MR) is 42.3 cm³/mol. The third-order valence-electron chi connectivity index (χ3n) is 1.09. The summed E-state index contributed by atoms with van der Waals surface area (Å²) in [4.78, 5) is 2.01. The molecule has 1 heterocycles. The zero-order valence-corrected chi connectivity index (χ0v) is 6.08. The van der Waals surface area contributed by atoms with E-state index in [2.05, 4.69) is 24.8 Å². The van der Waals surface area contributed by atoms with Gasteiger partial charge in [-0.25, -0.2) is 0 Å². The van der Waals surface area contributed by atoms with Crippen LogP contribution in [0.1, 0.15) is 0 Å². The van der Waals surface area contributed by atoms with Crippen molar-refractivity contribution < 1.29 is 0 Å². The zero-order valence-electron chi connectivity index (χ0n) is 4.37. The molecular formula is C5H7NS2. The Kier molecular flexibility index (Phi) is 1.91. The summed E-state index contributed by atoms with van der Waals surface area (Å²) in [5.74, 6) is 0. The molecule has 0 saturated carbocycles. The Hall–Kier alpha value is -0.0200. The molecule has 0 unspecified atom stereocenters. The predicted octanol–water partition coefficient (Wildman–Crippen LogP) is 1.07. The van der Waals surface area contributed by atoms with Crippen LogP contribution in [0.25, 0.3) is 0 Å². The van der Waals surface area contributed by atoms with Crippen LogP contribution in [-0.4, -0.2) is 22.3 Å². The van der Waals surface area contributed by atoms with Gasteiger partial charge in [-0.3, -0.25) is 0 Å². The van der Waals surface area contributed by atoms with Crippen LogP contribution >= 0.6 is 24.8 Å². The standard InChI is InChI=1S/C5H7NS2/c7-5(8)6-3-1-2-4-6/h1-2H,3-4H2,(H,7,8). The lowest BCUT2D eigenvalue weighted by Crippen LogP contribution is -2.21.